The van der Waals surface area contributed by atoms with Gasteiger partial charge in [-0.25, -0.2) is 0 Å². The highest BCUT2D eigenvalue weighted by Crippen LogP contribution is 2.30. The molecule has 0 unspecified atom stereocenters. The summed E-state index contributed by atoms with van der Waals surface area (Å²) in [5, 5.41) is 0.607. The summed E-state index contributed by atoms with van der Waals surface area (Å²) < 4.78 is 38.3. The van der Waals surface area contributed by atoms with Crippen molar-refractivity contribution in [3.63, 3.8) is 0 Å². The Hall–Kier alpha value is -2.59. The van der Waals surface area contributed by atoms with Crippen molar-refractivity contribution in [3.8, 4) is 11.1 Å². The Morgan fingerprint density at radius 1 is 0.885 bits per heavy atom. The van der Waals surface area contributed by atoms with Crippen LogP contribution in [0.15, 0.2) is 72.8 Å². The lowest BCUT2D eigenvalue weighted by atomic mass is 9.98. The zero-order chi connectivity index (χ0) is 18.7. The monoisotopic (exact) mass is 374 g/mol. The van der Waals surface area contributed by atoms with Crippen LogP contribution in [0.1, 0.15) is 21.5 Å². The van der Waals surface area contributed by atoms with Gasteiger partial charge in [0.15, 0.2) is 5.78 Å². The van der Waals surface area contributed by atoms with Gasteiger partial charge in [0.2, 0.25) is 0 Å². The first-order valence-corrected chi connectivity index (χ1v) is 8.27. The molecule has 0 aliphatic carbocycles. The summed E-state index contributed by atoms with van der Waals surface area (Å²) in [6.45, 7) is 0. The lowest BCUT2D eigenvalue weighted by Crippen LogP contribution is -2.08. The molecule has 0 heterocycles. The molecule has 0 saturated heterocycles. The van der Waals surface area contributed by atoms with Gasteiger partial charge in [-0.05, 0) is 23.3 Å². The van der Waals surface area contributed by atoms with E-state index in [1.807, 2.05) is 18.2 Å². The van der Waals surface area contributed by atoms with Crippen molar-refractivity contribution in [2.45, 2.75) is 12.6 Å². The highest BCUT2D eigenvalue weighted by Gasteiger charge is 2.30. The van der Waals surface area contributed by atoms with E-state index in [2.05, 4.69) is 0 Å². The Morgan fingerprint density at radius 2 is 1.58 bits per heavy atom. The van der Waals surface area contributed by atoms with Crippen molar-refractivity contribution in [2.75, 3.05) is 0 Å². The SMILES string of the molecule is O=C(Cc1cccc(C(F)(F)F)c1)c1ccc(-c2ccccc2Cl)cc1. The van der Waals surface area contributed by atoms with Gasteiger partial charge in [-0.15, -0.1) is 0 Å². The molecule has 26 heavy (non-hydrogen) atoms. The van der Waals surface area contributed by atoms with Gasteiger partial charge in [0.25, 0.3) is 0 Å². The number of alkyl halides is 3. The van der Waals surface area contributed by atoms with Crippen LogP contribution in [0.3, 0.4) is 0 Å². The molecule has 0 radical (unpaired) electrons. The number of hydrogen-bond acceptors (Lipinski definition) is 1. The third kappa shape index (κ3) is 4.14. The Morgan fingerprint density at radius 3 is 2.23 bits per heavy atom. The van der Waals surface area contributed by atoms with Crippen molar-refractivity contribution in [1.82, 2.24) is 0 Å². The molecule has 0 aliphatic heterocycles. The lowest BCUT2D eigenvalue weighted by molar-refractivity contribution is -0.137. The molecule has 0 atom stereocenters. The largest absolute Gasteiger partial charge is 0.416 e. The maximum atomic E-state index is 12.8. The second-order valence-electron chi connectivity index (χ2n) is 5.86. The fraction of sp³-hybridized carbons (Fsp3) is 0.0952. The van der Waals surface area contributed by atoms with Crippen molar-refractivity contribution in [3.05, 3.63) is 94.5 Å². The zero-order valence-electron chi connectivity index (χ0n) is 13.6. The van der Waals surface area contributed by atoms with Crippen LogP contribution in [0.2, 0.25) is 5.02 Å². The van der Waals surface area contributed by atoms with E-state index in [9.17, 15) is 18.0 Å². The van der Waals surface area contributed by atoms with Gasteiger partial charge in [-0.3, -0.25) is 4.79 Å². The van der Waals surface area contributed by atoms with Crippen molar-refractivity contribution in [1.29, 1.82) is 0 Å². The maximum Gasteiger partial charge on any atom is 0.416 e. The molecular weight excluding hydrogens is 361 g/mol. The minimum Gasteiger partial charge on any atom is -0.294 e. The number of halogens is 4. The van der Waals surface area contributed by atoms with Crippen LogP contribution in [0.4, 0.5) is 13.2 Å². The van der Waals surface area contributed by atoms with Crippen LogP contribution < -0.4 is 0 Å². The number of carbonyl (C=O) groups is 1. The Labute approximate surface area is 154 Å². The molecule has 3 aromatic carbocycles. The fourth-order valence-electron chi connectivity index (χ4n) is 2.68. The molecule has 132 valence electrons. The minimum absolute atomic E-state index is 0.0879. The first-order chi connectivity index (χ1) is 12.3. The number of rotatable bonds is 4. The van der Waals surface area contributed by atoms with E-state index < -0.39 is 11.7 Å². The number of carbonyl (C=O) groups excluding carboxylic acids is 1. The number of benzene rings is 3. The summed E-state index contributed by atoms with van der Waals surface area (Å²) in [5.74, 6) is -0.241. The van der Waals surface area contributed by atoms with Crippen LogP contribution >= 0.6 is 11.6 Å². The Bertz CT molecular complexity index is 930. The minimum atomic E-state index is -4.42. The van der Waals surface area contributed by atoms with Gasteiger partial charge >= 0.3 is 6.18 Å². The zero-order valence-corrected chi connectivity index (χ0v) is 14.3. The molecule has 0 saturated carbocycles. The summed E-state index contributed by atoms with van der Waals surface area (Å²) in [4.78, 5) is 12.4. The van der Waals surface area contributed by atoms with E-state index >= 15 is 0 Å². The fourth-order valence-corrected chi connectivity index (χ4v) is 2.92. The number of ketones is 1. The molecule has 5 heteroatoms. The smallest absolute Gasteiger partial charge is 0.294 e. The quantitative estimate of drug-likeness (QED) is 0.479. The molecule has 0 aliphatic rings. The highest BCUT2D eigenvalue weighted by atomic mass is 35.5. The molecule has 0 N–H and O–H groups in total. The van der Waals surface area contributed by atoms with Crippen LogP contribution in [0.25, 0.3) is 11.1 Å². The van der Waals surface area contributed by atoms with Crippen LogP contribution in [0.5, 0.6) is 0 Å². The van der Waals surface area contributed by atoms with Gasteiger partial charge in [0, 0.05) is 22.6 Å². The van der Waals surface area contributed by atoms with Gasteiger partial charge in [-0.2, -0.15) is 13.2 Å². The average Bonchev–Trinajstić information content (AvgIpc) is 2.62. The molecule has 0 fully saturated rings. The molecule has 0 spiro atoms. The molecule has 3 rings (SSSR count). The topological polar surface area (TPSA) is 17.1 Å². The van der Waals surface area contributed by atoms with Crippen LogP contribution in [-0.2, 0) is 12.6 Å². The Kier molecular flexibility index (Phi) is 5.14. The van der Waals surface area contributed by atoms with E-state index in [0.717, 1.165) is 23.3 Å². The van der Waals surface area contributed by atoms with Crippen LogP contribution in [0, 0.1) is 0 Å². The number of Topliss-reactive ketones (excluding diaryl/α,β-unsaturated/α-hetero) is 1. The lowest BCUT2D eigenvalue weighted by Gasteiger charge is -2.09. The summed E-state index contributed by atoms with van der Waals surface area (Å²) in [6.07, 6.45) is -4.51. The standard InChI is InChI=1S/C21H14ClF3O/c22-19-7-2-1-6-18(19)15-8-10-16(11-9-15)20(26)13-14-4-3-5-17(12-14)21(23,24)25/h1-12H,13H2. The van der Waals surface area contributed by atoms with Crippen molar-refractivity contribution >= 4 is 17.4 Å². The van der Waals surface area contributed by atoms with Gasteiger partial charge in [-0.1, -0.05) is 72.3 Å². The van der Waals surface area contributed by atoms with Gasteiger partial charge < -0.3 is 0 Å². The summed E-state index contributed by atoms with van der Waals surface area (Å²) in [7, 11) is 0. The van der Waals surface area contributed by atoms with Crippen molar-refractivity contribution in [2.24, 2.45) is 0 Å². The van der Waals surface area contributed by atoms with E-state index in [-0.39, 0.29) is 12.2 Å². The van der Waals surface area contributed by atoms with Crippen LogP contribution in [-0.4, -0.2) is 5.78 Å². The first-order valence-electron chi connectivity index (χ1n) is 7.89. The molecule has 1 nitrogen and oxygen atoms in total. The number of hydrogen-bond donors (Lipinski definition) is 0. The molecule has 0 bridgehead atoms. The van der Waals surface area contributed by atoms with Gasteiger partial charge in [0.05, 0.1) is 5.56 Å². The van der Waals surface area contributed by atoms with E-state index in [4.69, 9.17) is 11.6 Å². The van der Waals surface area contributed by atoms with E-state index in [1.54, 1.807) is 30.3 Å². The predicted molar refractivity (Wildman–Crippen MR) is 96.4 cm³/mol. The normalized spacial score (nSPS) is 11.4. The van der Waals surface area contributed by atoms with E-state index in [1.165, 1.54) is 12.1 Å². The summed E-state index contributed by atoms with van der Waals surface area (Å²) >= 11 is 6.16. The average molecular weight is 375 g/mol. The second-order valence-corrected chi connectivity index (χ2v) is 6.26. The molecule has 0 amide bonds. The third-order valence-electron chi connectivity index (χ3n) is 4.01. The molecule has 0 aromatic heterocycles. The predicted octanol–water partition coefficient (Wildman–Crippen LogP) is 6.45. The Balaban J connectivity index is 1.78. The third-order valence-corrected chi connectivity index (χ3v) is 4.34. The first kappa shape index (κ1) is 18.2. The van der Waals surface area contributed by atoms with E-state index in [0.29, 0.717) is 16.1 Å². The summed E-state index contributed by atoms with van der Waals surface area (Å²) in [5.41, 5.74) is 1.74. The molecular formula is C21H14ClF3O. The van der Waals surface area contributed by atoms with Gasteiger partial charge in [0.1, 0.15) is 0 Å². The highest BCUT2D eigenvalue weighted by molar-refractivity contribution is 6.33. The van der Waals surface area contributed by atoms with Crippen molar-refractivity contribution < 1.29 is 18.0 Å². The second kappa shape index (κ2) is 7.34. The summed E-state index contributed by atoms with van der Waals surface area (Å²) in [6, 6.07) is 19.1. The molecule has 3 aromatic rings. The maximum absolute atomic E-state index is 12.8.